The Bertz CT molecular complexity index is 410. The molecule has 0 atom stereocenters. The van der Waals surface area contributed by atoms with Crippen molar-refractivity contribution in [3.05, 3.63) is 23.2 Å². The number of halogens is 1. The Hall–Kier alpha value is -0.870. The summed E-state index contributed by atoms with van der Waals surface area (Å²) in [6.45, 7) is 4.27. The van der Waals surface area contributed by atoms with Crippen LogP contribution in [0.3, 0.4) is 0 Å². The molecule has 0 saturated heterocycles. The predicted octanol–water partition coefficient (Wildman–Crippen LogP) is 3.68. The van der Waals surface area contributed by atoms with E-state index in [0.29, 0.717) is 28.1 Å². The number of hydrogen-bond donors (Lipinski definition) is 1. The largest absolute Gasteiger partial charge is 0.495 e. The zero-order valence-corrected chi connectivity index (χ0v) is 12.4. The van der Waals surface area contributed by atoms with Crippen LogP contribution in [0.2, 0.25) is 5.02 Å². The van der Waals surface area contributed by atoms with Crippen molar-refractivity contribution in [2.75, 3.05) is 23.9 Å². The number of hydrogen-bond acceptors (Lipinski definition) is 3. The predicted molar refractivity (Wildman–Crippen MR) is 78.8 cm³/mol. The molecule has 0 aliphatic rings. The highest BCUT2D eigenvalue weighted by atomic mass is 35.5. The molecular weight excluding hydrogens is 270 g/mol. The molecule has 1 aromatic rings. The lowest BCUT2D eigenvalue weighted by Crippen LogP contribution is -2.14. The maximum atomic E-state index is 11.7. The van der Waals surface area contributed by atoms with Gasteiger partial charge in [-0.3, -0.25) is 4.79 Å². The summed E-state index contributed by atoms with van der Waals surface area (Å²) in [5, 5.41) is 3.30. The summed E-state index contributed by atoms with van der Waals surface area (Å²) >= 11 is 7.61. The third-order valence-corrected chi connectivity index (χ3v) is 3.78. The summed E-state index contributed by atoms with van der Waals surface area (Å²) in [6.07, 6.45) is 0. The molecule has 3 nitrogen and oxygen atoms in total. The minimum atomic E-state index is -0.0121. The van der Waals surface area contributed by atoms with E-state index in [1.165, 1.54) is 0 Å². The number of methoxy groups -OCH3 is 1. The first-order valence-electron chi connectivity index (χ1n) is 5.74. The molecule has 1 amide bonds. The SMILES string of the molecule is COc1ccc(NC(=O)CSCC(C)C)cc1Cl. The molecule has 18 heavy (non-hydrogen) atoms. The van der Waals surface area contributed by atoms with Crippen LogP contribution in [-0.2, 0) is 4.79 Å². The monoisotopic (exact) mass is 287 g/mol. The van der Waals surface area contributed by atoms with E-state index >= 15 is 0 Å². The minimum Gasteiger partial charge on any atom is -0.495 e. The van der Waals surface area contributed by atoms with Crippen molar-refractivity contribution in [2.24, 2.45) is 5.92 Å². The number of anilines is 1. The van der Waals surface area contributed by atoms with Gasteiger partial charge in [-0.05, 0) is 29.9 Å². The van der Waals surface area contributed by atoms with Crippen molar-refractivity contribution in [3.8, 4) is 5.75 Å². The van der Waals surface area contributed by atoms with E-state index < -0.39 is 0 Å². The van der Waals surface area contributed by atoms with E-state index in [9.17, 15) is 4.79 Å². The number of nitrogens with one attached hydrogen (secondary N) is 1. The summed E-state index contributed by atoms with van der Waals surface area (Å²) in [6, 6.07) is 5.19. The quantitative estimate of drug-likeness (QED) is 0.867. The number of rotatable bonds is 6. The normalized spacial score (nSPS) is 10.5. The number of ether oxygens (including phenoxy) is 1. The van der Waals surface area contributed by atoms with Crippen molar-refractivity contribution in [1.29, 1.82) is 0 Å². The van der Waals surface area contributed by atoms with Crippen LogP contribution in [-0.4, -0.2) is 24.5 Å². The fraction of sp³-hybridized carbons (Fsp3) is 0.462. The zero-order chi connectivity index (χ0) is 13.5. The van der Waals surface area contributed by atoms with Gasteiger partial charge in [-0.2, -0.15) is 11.8 Å². The highest BCUT2D eigenvalue weighted by molar-refractivity contribution is 7.99. The second-order valence-corrected chi connectivity index (χ2v) is 5.74. The van der Waals surface area contributed by atoms with E-state index in [1.54, 1.807) is 37.1 Å². The van der Waals surface area contributed by atoms with Crippen LogP contribution in [0.1, 0.15) is 13.8 Å². The van der Waals surface area contributed by atoms with E-state index in [1.807, 2.05) is 0 Å². The zero-order valence-electron chi connectivity index (χ0n) is 10.8. The standard InChI is InChI=1S/C13H18ClNO2S/c1-9(2)7-18-8-13(16)15-10-4-5-12(17-3)11(14)6-10/h4-6,9H,7-8H2,1-3H3,(H,15,16). The number of amides is 1. The highest BCUT2D eigenvalue weighted by Crippen LogP contribution is 2.27. The van der Waals surface area contributed by atoms with Crippen molar-refractivity contribution >= 4 is 35.0 Å². The fourth-order valence-electron chi connectivity index (χ4n) is 1.33. The Labute approximate surface area is 117 Å². The van der Waals surface area contributed by atoms with Crippen LogP contribution in [0.15, 0.2) is 18.2 Å². The second-order valence-electron chi connectivity index (χ2n) is 4.31. The highest BCUT2D eigenvalue weighted by Gasteiger charge is 2.06. The molecule has 0 aliphatic carbocycles. The van der Waals surface area contributed by atoms with Gasteiger partial charge in [0.25, 0.3) is 0 Å². The van der Waals surface area contributed by atoms with E-state index in [4.69, 9.17) is 16.3 Å². The van der Waals surface area contributed by atoms with Crippen molar-refractivity contribution < 1.29 is 9.53 Å². The van der Waals surface area contributed by atoms with Crippen LogP contribution in [0.4, 0.5) is 5.69 Å². The first-order valence-corrected chi connectivity index (χ1v) is 7.27. The van der Waals surface area contributed by atoms with Crippen LogP contribution in [0, 0.1) is 5.92 Å². The number of benzene rings is 1. The van der Waals surface area contributed by atoms with Crippen molar-refractivity contribution in [2.45, 2.75) is 13.8 Å². The second kappa shape index (κ2) is 7.54. The van der Waals surface area contributed by atoms with Gasteiger partial charge in [0.15, 0.2) is 0 Å². The Morgan fingerprint density at radius 3 is 2.78 bits per heavy atom. The molecule has 0 fully saturated rings. The number of carbonyl (C=O) groups is 1. The van der Waals surface area contributed by atoms with Gasteiger partial charge in [0.05, 0.1) is 17.9 Å². The van der Waals surface area contributed by atoms with Crippen LogP contribution in [0.25, 0.3) is 0 Å². The first kappa shape index (κ1) is 15.2. The van der Waals surface area contributed by atoms with Gasteiger partial charge in [-0.25, -0.2) is 0 Å². The van der Waals surface area contributed by atoms with Crippen LogP contribution in [0.5, 0.6) is 5.75 Å². The van der Waals surface area contributed by atoms with Gasteiger partial charge in [-0.1, -0.05) is 25.4 Å². The third kappa shape index (κ3) is 5.19. The molecule has 0 bridgehead atoms. The Morgan fingerprint density at radius 1 is 1.50 bits per heavy atom. The van der Waals surface area contributed by atoms with E-state index in [2.05, 4.69) is 19.2 Å². The maximum Gasteiger partial charge on any atom is 0.234 e. The average Bonchev–Trinajstić information content (AvgIpc) is 2.28. The minimum absolute atomic E-state index is 0.0121. The summed E-state index contributed by atoms with van der Waals surface area (Å²) in [7, 11) is 1.56. The van der Waals surface area contributed by atoms with E-state index in [0.717, 1.165) is 5.75 Å². The Kier molecular flexibility index (Phi) is 6.36. The Balaban J connectivity index is 2.47. The van der Waals surface area contributed by atoms with Crippen LogP contribution >= 0.6 is 23.4 Å². The summed E-state index contributed by atoms with van der Waals surface area (Å²) < 4.78 is 5.05. The molecule has 1 rings (SSSR count). The molecule has 0 spiro atoms. The van der Waals surface area contributed by atoms with Gasteiger partial charge in [0, 0.05) is 5.69 Å². The first-order chi connectivity index (χ1) is 8.52. The van der Waals surface area contributed by atoms with Gasteiger partial charge in [0.1, 0.15) is 5.75 Å². The van der Waals surface area contributed by atoms with Crippen molar-refractivity contribution in [1.82, 2.24) is 0 Å². The molecule has 0 saturated carbocycles. The van der Waals surface area contributed by atoms with Crippen molar-refractivity contribution in [3.63, 3.8) is 0 Å². The molecule has 0 radical (unpaired) electrons. The molecule has 0 unspecified atom stereocenters. The smallest absolute Gasteiger partial charge is 0.234 e. The van der Waals surface area contributed by atoms with E-state index in [-0.39, 0.29) is 5.91 Å². The van der Waals surface area contributed by atoms with Gasteiger partial charge in [0.2, 0.25) is 5.91 Å². The summed E-state index contributed by atoms with van der Waals surface area (Å²) in [5.41, 5.74) is 0.691. The summed E-state index contributed by atoms with van der Waals surface area (Å²) in [4.78, 5) is 11.7. The third-order valence-electron chi connectivity index (χ3n) is 2.12. The molecule has 1 N–H and O–H groups in total. The number of carbonyl (C=O) groups excluding carboxylic acids is 1. The molecular formula is C13H18ClNO2S. The van der Waals surface area contributed by atoms with Gasteiger partial charge in [-0.15, -0.1) is 0 Å². The lowest BCUT2D eigenvalue weighted by atomic mass is 10.3. The van der Waals surface area contributed by atoms with Gasteiger partial charge >= 0.3 is 0 Å². The Morgan fingerprint density at radius 2 is 2.22 bits per heavy atom. The van der Waals surface area contributed by atoms with Crippen LogP contribution < -0.4 is 10.1 Å². The topological polar surface area (TPSA) is 38.3 Å². The van der Waals surface area contributed by atoms with Gasteiger partial charge < -0.3 is 10.1 Å². The lowest BCUT2D eigenvalue weighted by Gasteiger charge is -2.08. The summed E-state index contributed by atoms with van der Waals surface area (Å²) in [5.74, 6) is 2.63. The molecule has 100 valence electrons. The molecule has 1 aromatic carbocycles. The molecule has 0 aromatic heterocycles. The molecule has 0 aliphatic heterocycles. The molecule has 5 heteroatoms. The molecule has 0 heterocycles. The maximum absolute atomic E-state index is 11.7. The fourth-order valence-corrected chi connectivity index (χ4v) is 2.43. The average molecular weight is 288 g/mol. The lowest BCUT2D eigenvalue weighted by molar-refractivity contribution is -0.113. The number of thioether (sulfide) groups is 1.